The van der Waals surface area contributed by atoms with Gasteiger partial charge in [0.1, 0.15) is 0 Å². The Hall–Kier alpha value is -0.630. The lowest BCUT2D eigenvalue weighted by molar-refractivity contribution is 0.688. The maximum atomic E-state index is 4.68. The minimum atomic E-state index is 0. The molecule has 0 saturated carbocycles. The average molecular weight is 436 g/mol. The third-order valence-corrected chi connectivity index (χ3v) is 3.89. The van der Waals surface area contributed by atoms with Gasteiger partial charge in [0.2, 0.25) is 0 Å². The zero-order chi connectivity index (χ0) is 15.5. The molecule has 0 aliphatic carbocycles. The summed E-state index contributed by atoms with van der Waals surface area (Å²) in [7, 11) is 2.11. The van der Waals surface area contributed by atoms with Crippen LogP contribution in [0.4, 0.5) is 5.69 Å². The topological polar surface area (TPSA) is 39.7 Å². The Balaban J connectivity index is 0.00000441. The summed E-state index contributed by atoms with van der Waals surface area (Å²) in [5.41, 5.74) is 1.22. The fourth-order valence-corrected chi connectivity index (χ4v) is 2.18. The first-order valence-corrected chi connectivity index (χ1v) is 8.87. The summed E-state index contributed by atoms with van der Waals surface area (Å²) in [5, 5.41) is 6.64. The molecule has 0 fully saturated rings. The van der Waals surface area contributed by atoms with Crippen LogP contribution in [0.3, 0.4) is 0 Å². The van der Waals surface area contributed by atoms with Crippen LogP contribution in [0, 0.1) is 0 Å². The first kappa shape index (κ1) is 21.4. The van der Waals surface area contributed by atoms with E-state index in [4.69, 9.17) is 0 Å². The smallest absolute Gasteiger partial charge is 0.191 e. The predicted molar refractivity (Wildman–Crippen MR) is 112 cm³/mol. The summed E-state index contributed by atoms with van der Waals surface area (Å²) in [5.74, 6) is 1.99. The lowest BCUT2D eigenvalue weighted by atomic mass is 10.2. The normalized spacial score (nSPS) is 12.3. The Kier molecular flexibility index (Phi) is 12.5. The second-order valence-corrected chi connectivity index (χ2v) is 5.92. The number of rotatable bonds is 8. The van der Waals surface area contributed by atoms with E-state index in [-0.39, 0.29) is 24.0 Å². The lowest BCUT2D eigenvalue weighted by Crippen LogP contribution is -2.40. The zero-order valence-electron chi connectivity index (χ0n) is 14.0. The molecule has 4 nitrogen and oxygen atoms in total. The highest BCUT2D eigenvalue weighted by molar-refractivity contribution is 14.0. The fraction of sp³-hybridized carbons (Fsp3) is 0.562. The van der Waals surface area contributed by atoms with Crippen molar-refractivity contribution >= 4 is 47.4 Å². The first-order valence-electron chi connectivity index (χ1n) is 7.48. The maximum absolute atomic E-state index is 4.68. The summed E-state index contributed by atoms with van der Waals surface area (Å²) in [6.45, 7) is 6.87. The molecule has 0 bridgehead atoms. The van der Waals surface area contributed by atoms with Crippen molar-refractivity contribution < 1.29 is 0 Å². The van der Waals surface area contributed by atoms with Gasteiger partial charge in [-0.1, -0.05) is 18.2 Å². The Morgan fingerprint density at radius 2 is 1.95 bits per heavy atom. The van der Waals surface area contributed by atoms with E-state index in [2.05, 4.69) is 71.9 Å². The number of likely N-dealkylation sites (N-methyl/N-ethyl adjacent to an activating group) is 1. The number of halogens is 1. The van der Waals surface area contributed by atoms with Crippen molar-refractivity contribution in [1.29, 1.82) is 0 Å². The number of anilines is 1. The van der Waals surface area contributed by atoms with Gasteiger partial charge in [0.15, 0.2) is 5.96 Å². The Labute approximate surface area is 156 Å². The molecule has 0 aliphatic rings. The lowest BCUT2D eigenvalue weighted by Gasteiger charge is -2.26. The highest BCUT2D eigenvalue weighted by atomic mass is 127. The van der Waals surface area contributed by atoms with Gasteiger partial charge in [0.25, 0.3) is 0 Å². The monoisotopic (exact) mass is 436 g/mol. The first-order chi connectivity index (χ1) is 10.2. The summed E-state index contributed by atoms with van der Waals surface area (Å²) < 4.78 is 0. The molecule has 0 aliphatic heterocycles. The molecule has 0 spiro atoms. The van der Waals surface area contributed by atoms with E-state index in [9.17, 15) is 0 Å². The van der Waals surface area contributed by atoms with Gasteiger partial charge in [0, 0.05) is 37.6 Å². The predicted octanol–water partition coefficient (Wildman–Crippen LogP) is 3.05. The van der Waals surface area contributed by atoms with Crippen LogP contribution in [-0.4, -0.2) is 50.7 Å². The van der Waals surface area contributed by atoms with Crippen LogP contribution in [-0.2, 0) is 0 Å². The van der Waals surface area contributed by atoms with Gasteiger partial charge in [-0.2, -0.15) is 11.8 Å². The second kappa shape index (κ2) is 12.9. The van der Waals surface area contributed by atoms with Crippen LogP contribution in [0.25, 0.3) is 0 Å². The molecule has 1 aromatic rings. The second-order valence-electron chi connectivity index (χ2n) is 4.93. The van der Waals surface area contributed by atoms with Crippen LogP contribution in [0.15, 0.2) is 35.3 Å². The highest BCUT2D eigenvalue weighted by Gasteiger charge is 2.09. The minimum Gasteiger partial charge on any atom is -0.370 e. The molecular weight excluding hydrogens is 407 g/mol. The van der Waals surface area contributed by atoms with Gasteiger partial charge in [0.05, 0.1) is 6.54 Å². The molecule has 1 aromatic carbocycles. The van der Waals surface area contributed by atoms with E-state index in [1.54, 1.807) is 0 Å². The molecule has 1 atom stereocenters. The number of hydrogen-bond acceptors (Lipinski definition) is 3. The SMILES string of the molecule is CCNC(=NCC(C)N(C)c1ccccc1)NCCSC.I. The molecule has 0 amide bonds. The summed E-state index contributed by atoms with van der Waals surface area (Å²) in [6, 6.07) is 10.8. The van der Waals surface area contributed by atoms with Crippen LogP contribution in [0.1, 0.15) is 13.8 Å². The van der Waals surface area contributed by atoms with Crippen molar-refractivity contribution in [1.82, 2.24) is 10.6 Å². The van der Waals surface area contributed by atoms with Crippen molar-refractivity contribution in [3.63, 3.8) is 0 Å². The fourth-order valence-electron chi connectivity index (χ4n) is 1.88. The zero-order valence-corrected chi connectivity index (χ0v) is 17.2. The van der Waals surface area contributed by atoms with Gasteiger partial charge < -0.3 is 15.5 Å². The van der Waals surface area contributed by atoms with E-state index in [0.717, 1.165) is 31.3 Å². The molecule has 0 radical (unpaired) electrons. The molecule has 126 valence electrons. The van der Waals surface area contributed by atoms with Crippen LogP contribution in [0.5, 0.6) is 0 Å². The quantitative estimate of drug-likeness (QED) is 0.285. The summed E-state index contributed by atoms with van der Waals surface area (Å²) >= 11 is 1.83. The number of benzene rings is 1. The van der Waals surface area contributed by atoms with Crippen LogP contribution in [0.2, 0.25) is 0 Å². The molecule has 2 N–H and O–H groups in total. The largest absolute Gasteiger partial charge is 0.370 e. The molecule has 1 unspecified atom stereocenters. The molecule has 0 aromatic heterocycles. The van der Waals surface area contributed by atoms with Gasteiger partial charge in [-0.3, -0.25) is 4.99 Å². The van der Waals surface area contributed by atoms with Gasteiger partial charge >= 0.3 is 0 Å². The Morgan fingerprint density at radius 1 is 1.27 bits per heavy atom. The molecule has 22 heavy (non-hydrogen) atoms. The Morgan fingerprint density at radius 3 is 2.55 bits per heavy atom. The molecule has 6 heteroatoms. The molecular formula is C16H29IN4S. The van der Waals surface area contributed by atoms with Gasteiger partial charge in [-0.05, 0) is 32.2 Å². The number of hydrogen-bond donors (Lipinski definition) is 2. The number of thioether (sulfide) groups is 1. The summed E-state index contributed by atoms with van der Waals surface area (Å²) in [4.78, 5) is 6.93. The number of nitrogens with one attached hydrogen (secondary N) is 2. The van der Waals surface area contributed by atoms with E-state index in [0.29, 0.717) is 6.04 Å². The van der Waals surface area contributed by atoms with Gasteiger partial charge in [-0.25, -0.2) is 0 Å². The van der Waals surface area contributed by atoms with Gasteiger partial charge in [-0.15, -0.1) is 24.0 Å². The number of guanidine groups is 1. The molecule has 0 saturated heterocycles. The highest BCUT2D eigenvalue weighted by Crippen LogP contribution is 2.13. The molecule has 1 rings (SSSR count). The molecule has 0 heterocycles. The van der Waals surface area contributed by atoms with Crippen LogP contribution < -0.4 is 15.5 Å². The number of aliphatic imine (C=N–C) groups is 1. The standard InChI is InChI=1S/C16H28N4S.HI/c1-5-17-16(18-11-12-21-4)19-13-14(2)20(3)15-9-7-6-8-10-15;/h6-10,14H,5,11-13H2,1-4H3,(H2,17,18,19);1H. The van der Waals surface area contributed by atoms with Crippen molar-refractivity contribution in [3.05, 3.63) is 30.3 Å². The van der Waals surface area contributed by atoms with E-state index in [1.165, 1.54) is 5.69 Å². The van der Waals surface area contributed by atoms with Crippen molar-refractivity contribution in [2.45, 2.75) is 19.9 Å². The summed E-state index contributed by atoms with van der Waals surface area (Å²) in [6.07, 6.45) is 2.11. The van der Waals surface area contributed by atoms with Crippen LogP contribution >= 0.6 is 35.7 Å². The number of para-hydroxylation sites is 1. The van der Waals surface area contributed by atoms with E-state index >= 15 is 0 Å². The van der Waals surface area contributed by atoms with E-state index in [1.807, 2.05) is 17.8 Å². The third-order valence-electron chi connectivity index (χ3n) is 3.28. The van der Waals surface area contributed by atoms with E-state index < -0.39 is 0 Å². The Bertz CT molecular complexity index is 414. The average Bonchev–Trinajstić information content (AvgIpc) is 2.52. The maximum Gasteiger partial charge on any atom is 0.191 e. The van der Waals surface area contributed by atoms with Crippen molar-refractivity contribution in [3.8, 4) is 0 Å². The van der Waals surface area contributed by atoms with Crippen molar-refractivity contribution in [2.75, 3.05) is 43.6 Å². The van der Waals surface area contributed by atoms with Crippen molar-refractivity contribution in [2.24, 2.45) is 4.99 Å². The number of nitrogens with zero attached hydrogens (tertiary/aromatic N) is 2. The third kappa shape index (κ3) is 8.12. The minimum absolute atomic E-state index is 0.